The van der Waals surface area contributed by atoms with Crippen LogP contribution in [0.4, 0.5) is 0 Å². The zero-order valence-electron chi connectivity index (χ0n) is 8.58. The number of para-hydroxylation sites is 1. The van der Waals surface area contributed by atoms with Gasteiger partial charge in [-0.3, -0.25) is 0 Å². The van der Waals surface area contributed by atoms with Gasteiger partial charge in [0.25, 0.3) is 0 Å². The lowest BCUT2D eigenvalue weighted by Gasteiger charge is -2.11. The van der Waals surface area contributed by atoms with Crippen LogP contribution in [-0.2, 0) is 0 Å². The Morgan fingerprint density at radius 3 is 2.64 bits per heavy atom. The second-order valence-corrected chi connectivity index (χ2v) is 3.94. The second-order valence-electron chi connectivity index (χ2n) is 3.56. The van der Waals surface area contributed by atoms with Gasteiger partial charge in [0.15, 0.2) is 0 Å². The quantitative estimate of drug-likeness (QED) is 0.653. The van der Waals surface area contributed by atoms with E-state index in [0.717, 1.165) is 31.1 Å². The van der Waals surface area contributed by atoms with E-state index < -0.39 is 0 Å². The fourth-order valence-corrected chi connectivity index (χ4v) is 1.42. The monoisotopic (exact) mass is 212 g/mol. The van der Waals surface area contributed by atoms with Gasteiger partial charge in [-0.2, -0.15) is 0 Å². The topological polar surface area (TPSA) is 9.23 Å². The van der Waals surface area contributed by atoms with Gasteiger partial charge in [-0.25, -0.2) is 0 Å². The highest BCUT2D eigenvalue weighted by Gasteiger charge is 2.02. The van der Waals surface area contributed by atoms with Crippen LogP contribution in [0.1, 0.15) is 19.8 Å². The summed E-state index contributed by atoms with van der Waals surface area (Å²) in [4.78, 5) is 0. The van der Waals surface area contributed by atoms with Crippen LogP contribution < -0.4 is 4.74 Å². The number of halogens is 1. The first-order chi connectivity index (χ1) is 6.83. The van der Waals surface area contributed by atoms with Gasteiger partial charge in [0.1, 0.15) is 5.75 Å². The average Bonchev–Trinajstić information content (AvgIpc) is 2.25. The molecule has 0 amide bonds. The zero-order valence-corrected chi connectivity index (χ0v) is 9.33. The molecular formula is C12H17ClO. The van der Waals surface area contributed by atoms with Crippen LogP contribution in [0.3, 0.4) is 0 Å². The Balaban J connectivity index is 2.20. The van der Waals surface area contributed by atoms with Crippen molar-refractivity contribution >= 4 is 11.6 Å². The van der Waals surface area contributed by atoms with E-state index in [1.54, 1.807) is 0 Å². The normalized spacial score (nSPS) is 12.4. The lowest BCUT2D eigenvalue weighted by Crippen LogP contribution is -2.08. The van der Waals surface area contributed by atoms with Gasteiger partial charge in [0, 0.05) is 5.88 Å². The van der Waals surface area contributed by atoms with Crippen LogP contribution in [0.5, 0.6) is 5.75 Å². The maximum atomic E-state index is 5.62. The van der Waals surface area contributed by atoms with E-state index in [1.807, 2.05) is 30.3 Å². The van der Waals surface area contributed by atoms with Crippen molar-refractivity contribution in [2.75, 3.05) is 12.5 Å². The van der Waals surface area contributed by atoms with Gasteiger partial charge in [0.05, 0.1) is 6.61 Å². The summed E-state index contributed by atoms with van der Waals surface area (Å²) in [5.41, 5.74) is 0. The van der Waals surface area contributed by atoms with Gasteiger partial charge in [-0.15, -0.1) is 11.6 Å². The molecule has 2 heteroatoms. The van der Waals surface area contributed by atoms with E-state index in [0.29, 0.717) is 5.92 Å². The molecule has 1 nitrogen and oxygen atoms in total. The van der Waals surface area contributed by atoms with Crippen molar-refractivity contribution in [3.05, 3.63) is 30.3 Å². The van der Waals surface area contributed by atoms with Crippen molar-refractivity contribution < 1.29 is 4.74 Å². The SMILES string of the molecule is CC(CCCCl)COc1ccccc1. The summed E-state index contributed by atoms with van der Waals surface area (Å²) in [5.74, 6) is 2.27. The van der Waals surface area contributed by atoms with Crippen molar-refractivity contribution in [2.24, 2.45) is 5.92 Å². The summed E-state index contributed by atoms with van der Waals surface area (Å²) in [5, 5.41) is 0. The minimum Gasteiger partial charge on any atom is -0.493 e. The van der Waals surface area contributed by atoms with Gasteiger partial charge < -0.3 is 4.74 Å². The summed E-state index contributed by atoms with van der Waals surface area (Å²) < 4.78 is 5.62. The Morgan fingerprint density at radius 1 is 1.29 bits per heavy atom. The molecule has 0 fully saturated rings. The number of hydrogen-bond acceptors (Lipinski definition) is 1. The van der Waals surface area contributed by atoms with Gasteiger partial charge in [0.2, 0.25) is 0 Å². The van der Waals surface area contributed by atoms with Crippen molar-refractivity contribution in [3.63, 3.8) is 0 Å². The van der Waals surface area contributed by atoms with E-state index in [1.165, 1.54) is 0 Å². The minimum atomic E-state index is 0.578. The molecule has 0 heterocycles. The first kappa shape index (κ1) is 11.4. The molecule has 0 radical (unpaired) electrons. The molecule has 78 valence electrons. The fourth-order valence-electron chi connectivity index (χ4n) is 1.26. The highest BCUT2D eigenvalue weighted by atomic mass is 35.5. The van der Waals surface area contributed by atoms with Crippen LogP contribution in [0.15, 0.2) is 30.3 Å². The number of ether oxygens (including phenoxy) is 1. The second kappa shape index (κ2) is 6.72. The molecule has 0 N–H and O–H groups in total. The molecule has 0 aliphatic rings. The molecule has 0 bridgehead atoms. The van der Waals surface area contributed by atoms with Crippen LogP contribution in [0.2, 0.25) is 0 Å². The maximum Gasteiger partial charge on any atom is 0.119 e. The highest BCUT2D eigenvalue weighted by molar-refractivity contribution is 6.17. The smallest absolute Gasteiger partial charge is 0.119 e. The van der Waals surface area contributed by atoms with Crippen LogP contribution >= 0.6 is 11.6 Å². The molecule has 1 aromatic rings. The molecule has 0 saturated heterocycles. The standard InChI is InChI=1S/C12H17ClO/c1-11(6-5-9-13)10-14-12-7-3-2-4-8-12/h2-4,7-8,11H,5-6,9-10H2,1H3. The van der Waals surface area contributed by atoms with Crippen molar-refractivity contribution in [2.45, 2.75) is 19.8 Å². The number of rotatable bonds is 6. The van der Waals surface area contributed by atoms with E-state index in [2.05, 4.69) is 6.92 Å². The van der Waals surface area contributed by atoms with Gasteiger partial charge in [-0.1, -0.05) is 25.1 Å². The van der Waals surface area contributed by atoms with Gasteiger partial charge >= 0.3 is 0 Å². The van der Waals surface area contributed by atoms with Crippen molar-refractivity contribution in [3.8, 4) is 5.75 Å². The number of benzene rings is 1. The Kier molecular flexibility index (Phi) is 5.46. The van der Waals surface area contributed by atoms with Crippen molar-refractivity contribution in [1.82, 2.24) is 0 Å². The molecule has 1 atom stereocenters. The molecule has 1 rings (SSSR count). The summed E-state index contributed by atoms with van der Waals surface area (Å²) in [6.07, 6.45) is 2.21. The minimum absolute atomic E-state index is 0.578. The number of hydrogen-bond donors (Lipinski definition) is 0. The van der Waals surface area contributed by atoms with Crippen LogP contribution in [0, 0.1) is 5.92 Å². The fraction of sp³-hybridized carbons (Fsp3) is 0.500. The third kappa shape index (κ3) is 4.52. The van der Waals surface area contributed by atoms with E-state index in [9.17, 15) is 0 Å². The summed E-state index contributed by atoms with van der Waals surface area (Å²) in [6.45, 7) is 2.97. The molecule has 0 aliphatic heterocycles. The van der Waals surface area contributed by atoms with Gasteiger partial charge in [-0.05, 0) is 30.9 Å². The molecule has 1 aromatic carbocycles. The summed E-state index contributed by atoms with van der Waals surface area (Å²) in [7, 11) is 0. The Hall–Kier alpha value is -0.690. The lowest BCUT2D eigenvalue weighted by molar-refractivity contribution is 0.252. The predicted octanol–water partition coefficient (Wildman–Crippen LogP) is 3.72. The highest BCUT2D eigenvalue weighted by Crippen LogP contribution is 2.12. The summed E-state index contributed by atoms with van der Waals surface area (Å²) in [6, 6.07) is 9.92. The first-order valence-electron chi connectivity index (χ1n) is 5.06. The average molecular weight is 213 g/mol. The third-order valence-corrected chi connectivity index (χ3v) is 2.38. The van der Waals surface area contributed by atoms with Crippen LogP contribution in [0.25, 0.3) is 0 Å². The lowest BCUT2D eigenvalue weighted by atomic mass is 10.1. The largest absolute Gasteiger partial charge is 0.493 e. The van der Waals surface area contributed by atoms with Crippen molar-refractivity contribution in [1.29, 1.82) is 0 Å². The predicted molar refractivity (Wildman–Crippen MR) is 61.1 cm³/mol. The first-order valence-corrected chi connectivity index (χ1v) is 5.60. The summed E-state index contributed by atoms with van der Waals surface area (Å²) >= 11 is 5.62. The van der Waals surface area contributed by atoms with E-state index in [-0.39, 0.29) is 0 Å². The third-order valence-electron chi connectivity index (χ3n) is 2.11. The molecule has 0 spiro atoms. The van der Waals surface area contributed by atoms with E-state index in [4.69, 9.17) is 16.3 Å². The molecule has 0 saturated carbocycles. The molecule has 1 unspecified atom stereocenters. The molecule has 0 aliphatic carbocycles. The molecular weight excluding hydrogens is 196 g/mol. The van der Waals surface area contributed by atoms with Crippen LogP contribution in [-0.4, -0.2) is 12.5 Å². The van der Waals surface area contributed by atoms with E-state index >= 15 is 0 Å². The number of alkyl halides is 1. The molecule has 0 aromatic heterocycles. The Morgan fingerprint density at radius 2 is 2.00 bits per heavy atom. The Bertz CT molecular complexity index is 235. The molecule has 14 heavy (non-hydrogen) atoms. The zero-order chi connectivity index (χ0) is 10.2. The maximum absolute atomic E-state index is 5.62. The Labute approximate surface area is 91.0 Å².